The number of nitrogens with one attached hydrogen (secondary N) is 2. The van der Waals surface area contributed by atoms with E-state index < -0.39 is 0 Å². The molecule has 2 heterocycles. The van der Waals surface area contributed by atoms with E-state index in [4.69, 9.17) is 0 Å². The third kappa shape index (κ3) is 5.54. The number of aryl methyl sites for hydroxylation is 3. The van der Waals surface area contributed by atoms with Gasteiger partial charge in [-0.2, -0.15) is 0 Å². The number of carbonyl (C=O) groups is 1. The molecule has 37 heavy (non-hydrogen) atoms. The summed E-state index contributed by atoms with van der Waals surface area (Å²) in [6.45, 7) is 11.3. The van der Waals surface area contributed by atoms with Crippen LogP contribution in [-0.4, -0.2) is 34.5 Å². The SMILES string of the molecule is CCc1cc(C)[nH]c(=O)c1CNC(=O)c1cc(-c2cccc(CN(C)C)c2)cc2c1c(C)cn2C(C)C. The number of aromatic amines is 1. The summed E-state index contributed by atoms with van der Waals surface area (Å²) in [6, 6.07) is 14.9. The zero-order chi connectivity index (χ0) is 26.9. The van der Waals surface area contributed by atoms with Crippen LogP contribution in [0.1, 0.15) is 65.1 Å². The molecule has 1 amide bonds. The third-order valence-corrected chi connectivity index (χ3v) is 6.85. The summed E-state index contributed by atoms with van der Waals surface area (Å²) in [7, 11) is 4.12. The molecule has 6 heteroatoms. The molecule has 0 unspecified atom stereocenters. The van der Waals surface area contributed by atoms with Crippen molar-refractivity contribution in [3.05, 3.63) is 92.5 Å². The molecule has 194 valence electrons. The molecule has 0 aliphatic heterocycles. The number of pyridine rings is 1. The Kier molecular flexibility index (Phi) is 7.69. The number of H-pyrrole nitrogens is 1. The van der Waals surface area contributed by atoms with E-state index in [2.05, 4.69) is 91.2 Å². The second-order valence-electron chi connectivity index (χ2n) is 10.5. The Bertz CT molecular complexity index is 1510. The van der Waals surface area contributed by atoms with Crippen LogP contribution in [0.2, 0.25) is 0 Å². The van der Waals surface area contributed by atoms with Gasteiger partial charge in [-0.15, -0.1) is 0 Å². The predicted molar refractivity (Wildman–Crippen MR) is 152 cm³/mol. The van der Waals surface area contributed by atoms with Crippen LogP contribution in [0.25, 0.3) is 22.0 Å². The zero-order valence-electron chi connectivity index (χ0n) is 23.0. The molecular formula is C31H38N4O2. The predicted octanol–water partition coefficient (Wildman–Crippen LogP) is 5.75. The molecule has 4 aromatic rings. The molecule has 0 radical (unpaired) electrons. The van der Waals surface area contributed by atoms with Crippen LogP contribution < -0.4 is 10.9 Å². The highest BCUT2D eigenvalue weighted by molar-refractivity contribution is 6.09. The van der Waals surface area contributed by atoms with Gasteiger partial charge in [0.25, 0.3) is 11.5 Å². The third-order valence-electron chi connectivity index (χ3n) is 6.85. The van der Waals surface area contributed by atoms with Crippen molar-refractivity contribution in [1.82, 2.24) is 19.8 Å². The lowest BCUT2D eigenvalue weighted by molar-refractivity contribution is 0.0952. The molecule has 2 N–H and O–H groups in total. The van der Waals surface area contributed by atoms with E-state index in [0.717, 1.165) is 51.8 Å². The highest BCUT2D eigenvalue weighted by atomic mass is 16.1. The van der Waals surface area contributed by atoms with Crippen molar-refractivity contribution in [1.29, 1.82) is 0 Å². The van der Waals surface area contributed by atoms with Crippen LogP contribution >= 0.6 is 0 Å². The Balaban J connectivity index is 1.80. The minimum absolute atomic E-state index is 0.143. The standard InChI is InChI=1S/C31H38N4O2/c1-8-23-12-21(5)33-31(37)27(23)16-32-30(36)26-14-25(24-11-9-10-22(13-24)18-34(6)7)15-28-29(26)20(4)17-35(28)19(2)3/h9-15,17,19H,8,16,18H2,1-7H3,(H,32,36)(H,33,37). The highest BCUT2D eigenvalue weighted by Gasteiger charge is 2.20. The summed E-state index contributed by atoms with van der Waals surface area (Å²) in [5, 5.41) is 4.00. The maximum Gasteiger partial charge on any atom is 0.253 e. The van der Waals surface area contributed by atoms with E-state index in [-0.39, 0.29) is 24.1 Å². The molecule has 0 saturated carbocycles. The normalized spacial score (nSPS) is 11.6. The number of carbonyl (C=O) groups excluding carboxylic acids is 1. The van der Waals surface area contributed by atoms with E-state index in [0.29, 0.717) is 11.1 Å². The molecule has 4 rings (SSSR count). The van der Waals surface area contributed by atoms with Crippen molar-refractivity contribution in [2.75, 3.05) is 14.1 Å². The first-order chi connectivity index (χ1) is 17.6. The topological polar surface area (TPSA) is 70.1 Å². The molecule has 0 saturated heterocycles. The van der Waals surface area contributed by atoms with Crippen molar-refractivity contribution in [2.24, 2.45) is 0 Å². The number of benzene rings is 2. The van der Waals surface area contributed by atoms with Gasteiger partial charge in [-0.25, -0.2) is 0 Å². The van der Waals surface area contributed by atoms with Gasteiger partial charge in [0.1, 0.15) is 0 Å². The first-order valence-corrected chi connectivity index (χ1v) is 13.0. The largest absolute Gasteiger partial charge is 0.348 e. The quantitative estimate of drug-likeness (QED) is 0.325. The summed E-state index contributed by atoms with van der Waals surface area (Å²) in [5.74, 6) is -0.178. The zero-order valence-corrected chi connectivity index (χ0v) is 23.0. The summed E-state index contributed by atoms with van der Waals surface area (Å²) >= 11 is 0. The van der Waals surface area contributed by atoms with Gasteiger partial charge in [-0.05, 0) is 100 Å². The van der Waals surface area contributed by atoms with E-state index in [1.807, 2.05) is 26.0 Å². The Morgan fingerprint density at radius 3 is 2.51 bits per heavy atom. The Labute approximate surface area is 219 Å². The molecule has 0 bridgehead atoms. The van der Waals surface area contributed by atoms with Gasteiger partial charge in [0.2, 0.25) is 0 Å². The smallest absolute Gasteiger partial charge is 0.253 e. The molecule has 2 aromatic carbocycles. The van der Waals surface area contributed by atoms with Crippen molar-refractivity contribution >= 4 is 16.8 Å². The number of amides is 1. The number of aromatic nitrogens is 2. The van der Waals surface area contributed by atoms with Crippen LogP contribution in [0, 0.1) is 13.8 Å². The molecule has 2 aromatic heterocycles. The van der Waals surface area contributed by atoms with Crippen LogP contribution in [0.15, 0.2) is 53.5 Å². The molecule has 0 atom stereocenters. The molecule has 6 nitrogen and oxygen atoms in total. The lowest BCUT2D eigenvalue weighted by Crippen LogP contribution is -2.28. The van der Waals surface area contributed by atoms with E-state index in [1.165, 1.54) is 5.56 Å². The number of hydrogen-bond acceptors (Lipinski definition) is 3. The number of nitrogens with zero attached hydrogens (tertiary/aromatic N) is 2. The number of hydrogen-bond donors (Lipinski definition) is 2. The van der Waals surface area contributed by atoms with Gasteiger partial charge >= 0.3 is 0 Å². The van der Waals surface area contributed by atoms with Gasteiger partial charge < -0.3 is 19.8 Å². The first-order valence-electron chi connectivity index (χ1n) is 13.0. The van der Waals surface area contributed by atoms with E-state index in [1.54, 1.807) is 0 Å². The Hall–Kier alpha value is -3.64. The summed E-state index contributed by atoms with van der Waals surface area (Å²) < 4.78 is 2.23. The van der Waals surface area contributed by atoms with Crippen LogP contribution in [0.4, 0.5) is 0 Å². The van der Waals surface area contributed by atoms with E-state index >= 15 is 0 Å². The number of fused-ring (bicyclic) bond motifs is 1. The lowest BCUT2D eigenvalue weighted by atomic mass is 9.96. The van der Waals surface area contributed by atoms with Crippen molar-refractivity contribution < 1.29 is 4.79 Å². The monoisotopic (exact) mass is 498 g/mol. The van der Waals surface area contributed by atoms with Gasteiger partial charge in [0.15, 0.2) is 0 Å². The fourth-order valence-electron chi connectivity index (χ4n) is 5.13. The summed E-state index contributed by atoms with van der Waals surface area (Å²) in [5.41, 5.74) is 8.28. The van der Waals surface area contributed by atoms with Crippen molar-refractivity contribution in [3.8, 4) is 11.1 Å². The molecular weight excluding hydrogens is 460 g/mol. The van der Waals surface area contributed by atoms with Crippen LogP contribution in [0.3, 0.4) is 0 Å². The van der Waals surface area contributed by atoms with Crippen LogP contribution in [-0.2, 0) is 19.5 Å². The molecule has 0 aliphatic carbocycles. The van der Waals surface area contributed by atoms with Gasteiger partial charge in [-0.3, -0.25) is 9.59 Å². The van der Waals surface area contributed by atoms with Gasteiger partial charge in [0, 0.05) is 53.1 Å². The van der Waals surface area contributed by atoms with Gasteiger partial charge in [0.05, 0.1) is 0 Å². The fraction of sp³-hybridized carbons (Fsp3) is 0.355. The second-order valence-corrected chi connectivity index (χ2v) is 10.5. The lowest BCUT2D eigenvalue weighted by Gasteiger charge is -2.15. The Morgan fingerprint density at radius 2 is 1.84 bits per heavy atom. The van der Waals surface area contributed by atoms with E-state index in [9.17, 15) is 9.59 Å². The average molecular weight is 499 g/mol. The fourth-order valence-corrected chi connectivity index (χ4v) is 5.13. The molecule has 0 spiro atoms. The van der Waals surface area contributed by atoms with Crippen molar-refractivity contribution in [2.45, 2.75) is 60.2 Å². The Morgan fingerprint density at radius 1 is 1.08 bits per heavy atom. The van der Waals surface area contributed by atoms with Crippen LogP contribution in [0.5, 0.6) is 0 Å². The molecule has 0 aliphatic rings. The second kappa shape index (κ2) is 10.8. The maximum absolute atomic E-state index is 13.7. The van der Waals surface area contributed by atoms with Crippen molar-refractivity contribution in [3.63, 3.8) is 0 Å². The minimum atomic E-state index is -0.178. The first kappa shape index (κ1) is 26.4. The summed E-state index contributed by atoms with van der Waals surface area (Å²) in [6.07, 6.45) is 2.85. The summed E-state index contributed by atoms with van der Waals surface area (Å²) in [4.78, 5) is 31.4. The number of rotatable bonds is 8. The molecule has 0 fully saturated rings. The highest BCUT2D eigenvalue weighted by Crippen LogP contribution is 2.33. The minimum Gasteiger partial charge on any atom is -0.348 e. The average Bonchev–Trinajstić information content (AvgIpc) is 3.18. The maximum atomic E-state index is 13.7. The van der Waals surface area contributed by atoms with Gasteiger partial charge in [-0.1, -0.05) is 25.1 Å².